The molecule has 0 saturated carbocycles. The second-order valence-electron chi connectivity index (χ2n) is 3.78. The first kappa shape index (κ1) is 9.65. The Morgan fingerprint density at radius 1 is 1.00 bits per heavy atom. The van der Waals surface area contributed by atoms with Crippen LogP contribution in [-0.2, 0) is 0 Å². The molecule has 0 bridgehead atoms. The minimum absolute atomic E-state index is 0.271. The average molecular weight is 225 g/mol. The maximum Gasteiger partial charge on any atom is 0.240 e. The van der Waals surface area contributed by atoms with Crippen LogP contribution in [-0.4, -0.2) is 14.6 Å². The summed E-state index contributed by atoms with van der Waals surface area (Å²) in [4.78, 5) is 4.21. The topological polar surface area (TPSA) is 82.2 Å². The van der Waals surface area contributed by atoms with Gasteiger partial charge in [0.25, 0.3) is 0 Å². The molecule has 1 aromatic carbocycles. The second kappa shape index (κ2) is 3.48. The van der Waals surface area contributed by atoms with Gasteiger partial charge < -0.3 is 11.5 Å². The monoisotopic (exact) mass is 225 g/mol. The molecule has 0 amide bonds. The molecule has 0 spiro atoms. The van der Waals surface area contributed by atoms with Crippen LogP contribution in [0, 0.1) is 0 Å². The fourth-order valence-electron chi connectivity index (χ4n) is 1.81. The molecule has 4 N–H and O–H groups in total. The SMILES string of the molecule is Nc1ccc(-c2cccn3nc(N)nc23)cc1. The fraction of sp³-hybridized carbons (Fsp3) is 0. The van der Waals surface area contributed by atoms with E-state index in [2.05, 4.69) is 10.1 Å². The van der Waals surface area contributed by atoms with Gasteiger partial charge in [-0.25, -0.2) is 4.52 Å². The van der Waals surface area contributed by atoms with E-state index in [1.165, 1.54) is 0 Å². The van der Waals surface area contributed by atoms with Crippen molar-refractivity contribution in [1.82, 2.24) is 14.6 Å². The molecule has 2 heterocycles. The number of hydrogen-bond donors (Lipinski definition) is 2. The maximum atomic E-state index is 5.67. The number of aromatic nitrogens is 3. The quantitative estimate of drug-likeness (QED) is 0.616. The van der Waals surface area contributed by atoms with Gasteiger partial charge in [-0.1, -0.05) is 12.1 Å². The Labute approximate surface area is 97.7 Å². The molecule has 0 fully saturated rings. The van der Waals surface area contributed by atoms with Gasteiger partial charge >= 0.3 is 0 Å². The van der Waals surface area contributed by atoms with Crippen LogP contribution in [0.1, 0.15) is 0 Å². The third-order valence-corrected chi connectivity index (χ3v) is 2.60. The molecule has 0 radical (unpaired) electrons. The van der Waals surface area contributed by atoms with Crippen LogP contribution in [0.5, 0.6) is 0 Å². The smallest absolute Gasteiger partial charge is 0.240 e. The minimum Gasteiger partial charge on any atom is -0.399 e. The first-order valence-electron chi connectivity index (χ1n) is 5.21. The van der Waals surface area contributed by atoms with Gasteiger partial charge in [0, 0.05) is 17.4 Å². The summed E-state index contributed by atoms with van der Waals surface area (Å²) in [5, 5.41) is 4.08. The zero-order chi connectivity index (χ0) is 11.8. The molecular formula is C12H11N5. The molecule has 2 aromatic heterocycles. The summed E-state index contributed by atoms with van der Waals surface area (Å²) in [5.41, 5.74) is 14.8. The van der Waals surface area contributed by atoms with Crippen LogP contribution in [0.3, 0.4) is 0 Å². The van der Waals surface area contributed by atoms with Gasteiger partial charge in [-0.2, -0.15) is 4.98 Å². The number of fused-ring (bicyclic) bond motifs is 1. The summed E-state index contributed by atoms with van der Waals surface area (Å²) in [6.07, 6.45) is 1.82. The van der Waals surface area contributed by atoms with Crippen LogP contribution in [0.25, 0.3) is 16.8 Å². The van der Waals surface area contributed by atoms with E-state index < -0.39 is 0 Å². The Hall–Kier alpha value is -2.56. The van der Waals surface area contributed by atoms with Crippen molar-refractivity contribution in [1.29, 1.82) is 0 Å². The van der Waals surface area contributed by atoms with E-state index >= 15 is 0 Å². The number of anilines is 2. The number of pyridine rings is 1. The number of benzene rings is 1. The summed E-state index contributed by atoms with van der Waals surface area (Å²) < 4.78 is 1.67. The Morgan fingerprint density at radius 2 is 1.76 bits per heavy atom. The number of nitrogens with two attached hydrogens (primary N) is 2. The van der Waals surface area contributed by atoms with Gasteiger partial charge in [-0.15, -0.1) is 5.10 Å². The van der Waals surface area contributed by atoms with Crippen molar-refractivity contribution < 1.29 is 0 Å². The van der Waals surface area contributed by atoms with Gasteiger partial charge in [0.2, 0.25) is 5.95 Å². The Morgan fingerprint density at radius 3 is 2.53 bits per heavy atom. The highest BCUT2D eigenvalue weighted by Crippen LogP contribution is 2.24. The lowest BCUT2D eigenvalue weighted by Crippen LogP contribution is -1.90. The zero-order valence-electron chi connectivity index (χ0n) is 9.04. The van der Waals surface area contributed by atoms with Crippen LogP contribution in [0.4, 0.5) is 11.6 Å². The van der Waals surface area contributed by atoms with Gasteiger partial charge in [-0.05, 0) is 29.8 Å². The van der Waals surface area contributed by atoms with Gasteiger partial charge in [-0.3, -0.25) is 0 Å². The lowest BCUT2D eigenvalue weighted by molar-refractivity contribution is 0.969. The first-order valence-corrected chi connectivity index (χ1v) is 5.21. The van der Waals surface area contributed by atoms with Crippen molar-refractivity contribution in [3.8, 4) is 11.1 Å². The Bertz CT molecular complexity index is 669. The standard InChI is InChI=1S/C12H11N5/c13-9-5-3-8(4-6-9)10-2-1-7-17-11(10)15-12(14)16-17/h1-7H,13H2,(H2,14,16). The highest BCUT2D eigenvalue weighted by molar-refractivity contribution is 5.78. The summed E-state index contributed by atoms with van der Waals surface area (Å²) in [6.45, 7) is 0. The molecular weight excluding hydrogens is 214 g/mol. The molecule has 0 aliphatic heterocycles. The molecule has 0 aliphatic rings. The molecule has 3 rings (SSSR count). The number of nitrogen functional groups attached to an aromatic ring is 2. The summed E-state index contributed by atoms with van der Waals surface area (Å²) in [7, 11) is 0. The van der Waals surface area contributed by atoms with Gasteiger partial charge in [0.15, 0.2) is 5.65 Å². The van der Waals surface area contributed by atoms with Crippen LogP contribution in [0.2, 0.25) is 0 Å². The highest BCUT2D eigenvalue weighted by Gasteiger charge is 2.07. The number of nitrogens with zero attached hydrogens (tertiary/aromatic N) is 3. The van der Waals surface area contributed by atoms with E-state index in [0.717, 1.165) is 22.5 Å². The van der Waals surface area contributed by atoms with Crippen molar-refractivity contribution >= 4 is 17.3 Å². The Kier molecular flexibility index (Phi) is 1.98. The predicted molar refractivity (Wildman–Crippen MR) is 67.2 cm³/mol. The Balaban J connectivity index is 2.26. The molecule has 0 aliphatic carbocycles. The highest BCUT2D eigenvalue weighted by atomic mass is 15.3. The van der Waals surface area contributed by atoms with E-state index in [4.69, 9.17) is 11.5 Å². The maximum absolute atomic E-state index is 5.67. The van der Waals surface area contributed by atoms with E-state index in [1.54, 1.807) is 4.52 Å². The lowest BCUT2D eigenvalue weighted by Gasteiger charge is -2.03. The summed E-state index contributed by atoms with van der Waals surface area (Å²) >= 11 is 0. The lowest BCUT2D eigenvalue weighted by atomic mass is 10.1. The van der Waals surface area contributed by atoms with E-state index in [9.17, 15) is 0 Å². The van der Waals surface area contributed by atoms with Crippen LogP contribution >= 0.6 is 0 Å². The van der Waals surface area contributed by atoms with Crippen molar-refractivity contribution in [3.05, 3.63) is 42.6 Å². The molecule has 0 atom stereocenters. The largest absolute Gasteiger partial charge is 0.399 e. The van der Waals surface area contributed by atoms with Gasteiger partial charge in [0.05, 0.1) is 0 Å². The fourth-order valence-corrected chi connectivity index (χ4v) is 1.81. The van der Waals surface area contributed by atoms with Crippen LogP contribution < -0.4 is 11.5 Å². The van der Waals surface area contributed by atoms with E-state index in [-0.39, 0.29) is 5.95 Å². The molecule has 0 saturated heterocycles. The summed E-state index contributed by atoms with van der Waals surface area (Å²) in [6, 6.07) is 11.5. The normalized spacial score (nSPS) is 10.8. The molecule has 5 nitrogen and oxygen atoms in total. The van der Waals surface area contributed by atoms with Gasteiger partial charge in [0.1, 0.15) is 0 Å². The summed E-state index contributed by atoms with van der Waals surface area (Å²) in [5.74, 6) is 0.271. The van der Waals surface area contributed by atoms with Crippen molar-refractivity contribution in [2.45, 2.75) is 0 Å². The van der Waals surface area contributed by atoms with Crippen molar-refractivity contribution in [2.24, 2.45) is 0 Å². The third kappa shape index (κ3) is 1.57. The molecule has 17 heavy (non-hydrogen) atoms. The van der Waals surface area contributed by atoms with Crippen LogP contribution in [0.15, 0.2) is 42.6 Å². The zero-order valence-corrected chi connectivity index (χ0v) is 9.04. The predicted octanol–water partition coefficient (Wildman–Crippen LogP) is 1.56. The second-order valence-corrected chi connectivity index (χ2v) is 3.78. The number of rotatable bonds is 1. The van der Waals surface area contributed by atoms with Crippen molar-refractivity contribution in [2.75, 3.05) is 11.5 Å². The van der Waals surface area contributed by atoms with E-state index in [1.807, 2.05) is 42.6 Å². The molecule has 0 unspecified atom stereocenters. The van der Waals surface area contributed by atoms with E-state index in [0.29, 0.717) is 0 Å². The first-order chi connectivity index (χ1) is 8.24. The molecule has 5 heteroatoms. The van der Waals surface area contributed by atoms with Crippen molar-refractivity contribution in [3.63, 3.8) is 0 Å². The molecule has 84 valence electrons. The molecule has 3 aromatic rings. The average Bonchev–Trinajstić information content (AvgIpc) is 2.70. The minimum atomic E-state index is 0.271. The number of hydrogen-bond acceptors (Lipinski definition) is 4. The third-order valence-electron chi connectivity index (χ3n) is 2.60.